The minimum Gasteiger partial charge on any atom is -0.385 e. The lowest BCUT2D eigenvalue weighted by molar-refractivity contribution is -0.0942. The number of amides is 1. The van der Waals surface area contributed by atoms with Crippen molar-refractivity contribution in [1.82, 2.24) is 9.78 Å². The van der Waals surface area contributed by atoms with Gasteiger partial charge in [0.05, 0.1) is 18.4 Å². The minimum absolute atomic E-state index is 0.0337. The monoisotopic (exact) mass is 346 g/mol. The number of carbonyl (C=O) groups is 1. The van der Waals surface area contributed by atoms with E-state index in [4.69, 9.17) is 0 Å². The summed E-state index contributed by atoms with van der Waals surface area (Å²) in [6.07, 6.45) is 3.66. The molecule has 0 saturated heterocycles. The molecule has 2 aliphatic rings. The molecule has 1 aromatic carbocycles. The number of anilines is 2. The zero-order valence-electron chi connectivity index (χ0n) is 14.0. The Labute approximate surface area is 144 Å². The number of benzene rings is 1. The molecule has 1 amide bonds. The molecule has 1 N–H and O–H groups in total. The summed E-state index contributed by atoms with van der Waals surface area (Å²) in [7, 11) is 1.74. The molecule has 4 rings (SSSR count). The molecule has 2 aromatic rings. The van der Waals surface area contributed by atoms with Gasteiger partial charge in [0.25, 0.3) is 11.8 Å². The highest BCUT2D eigenvalue weighted by Gasteiger charge is 2.44. The van der Waals surface area contributed by atoms with E-state index in [2.05, 4.69) is 10.4 Å². The number of aromatic nitrogens is 2. The van der Waals surface area contributed by atoms with E-state index in [9.17, 15) is 13.6 Å². The van der Waals surface area contributed by atoms with E-state index in [0.717, 1.165) is 6.42 Å². The van der Waals surface area contributed by atoms with Gasteiger partial charge in [-0.05, 0) is 25.0 Å². The molecule has 0 spiro atoms. The first-order valence-corrected chi connectivity index (χ1v) is 8.56. The third-order valence-electron chi connectivity index (χ3n) is 5.27. The fraction of sp³-hybridized carbons (Fsp3) is 0.444. The van der Waals surface area contributed by atoms with E-state index >= 15 is 0 Å². The average Bonchev–Trinajstić information content (AvgIpc) is 2.97. The lowest BCUT2D eigenvalue weighted by Crippen LogP contribution is -2.40. The Hall–Kier alpha value is -2.44. The number of carbonyl (C=O) groups excluding carboxylic acids is 1. The lowest BCUT2D eigenvalue weighted by Gasteiger charge is -2.34. The standard InChI is InChI=1S/C18H20F2N4O/c1-21-15-11-22-24-10-9-23(17(25)16(15)24)14-7-5-13(6-8-14)18(19,20)12-3-2-4-12/h5-8,11-12,21H,2-4,9-10H2,1H3. The SMILES string of the molecule is CNc1cnn2c1C(=O)N(c1ccc(C(F)(F)C3CCC3)cc1)CC2. The number of hydrogen-bond acceptors (Lipinski definition) is 3. The van der Waals surface area contributed by atoms with Crippen molar-refractivity contribution in [2.45, 2.75) is 31.7 Å². The van der Waals surface area contributed by atoms with E-state index in [1.807, 2.05) is 0 Å². The Bertz CT molecular complexity index is 782. The fourth-order valence-electron chi connectivity index (χ4n) is 3.50. The summed E-state index contributed by atoms with van der Waals surface area (Å²) in [6, 6.07) is 6.13. The van der Waals surface area contributed by atoms with Crippen LogP contribution in [0.25, 0.3) is 0 Å². The third kappa shape index (κ3) is 2.49. The van der Waals surface area contributed by atoms with Crippen molar-refractivity contribution >= 4 is 17.3 Å². The van der Waals surface area contributed by atoms with Crippen molar-refractivity contribution < 1.29 is 13.6 Å². The highest BCUT2D eigenvalue weighted by Crippen LogP contribution is 2.46. The van der Waals surface area contributed by atoms with Crippen molar-refractivity contribution in [1.29, 1.82) is 0 Å². The van der Waals surface area contributed by atoms with Crippen LogP contribution < -0.4 is 10.2 Å². The fourth-order valence-corrected chi connectivity index (χ4v) is 3.50. The Morgan fingerprint density at radius 3 is 2.52 bits per heavy atom. The van der Waals surface area contributed by atoms with E-state index in [-0.39, 0.29) is 11.5 Å². The number of alkyl halides is 2. The zero-order valence-corrected chi connectivity index (χ0v) is 14.0. The number of rotatable bonds is 4. The summed E-state index contributed by atoms with van der Waals surface area (Å²) < 4.78 is 30.5. The maximum atomic E-state index is 14.4. The number of halogens is 2. The molecular formula is C18H20F2N4O. The van der Waals surface area contributed by atoms with Crippen LogP contribution in [0.1, 0.15) is 35.3 Å². The van der Waals surface area contributed by atoms with Gasteiger partial charge < -0.3 is 10.2 Å². The molecule has 1 fully saturated rings. The zero-order chi connectivity index (χ0) is 17.6. The summed E-state index contributed by atoms with van der Waals surface area (Å²) in [5.41, 5.74) is 1.83. The van der Waals surface area contributed by atoms with Crippen LogP contribution in [0.4, 0.5) is 20.2 Å². The molecule has 132 valence electrons. The van der Waals surface area contributed by atoms with E-state index in [0.29, 0.717) is 43.0 Å². The van der Waals surface area contributed by atoms with Crippen molar-refractivity contribution in [3.63, 3.8) is 0 Å². The van der Waals surface area contributed by atoms with E-state index in [1.54, 1.807) is 35.0 Å². The van der Waals surface area contributed by atoms with Gasteiger partial charge >= 0.3 is 0 Å². The maximum absolute atomic E-state index is 14.4. The van der Waals surface area contributed by atoms with Crippen LogP contribution in [0.15, 0.2) is 30.5 Å². The average molecular weight is 346 g/mol. The van der Waals surface area contributed by atoms with Crippen molar-refractivity contribution in [3.05, 3.63) is 41.7 Å². The predicted molar refractivity (Wildman–Crippen MR) is 91.1 cm³/mol. The molecule has 1 aliphatic heterocycles. The van der Waals surface area contributed by atoms with Crippen molar-refractivity contribution in [3.8, 4) is 0 Å². The van der Waals surface area contributed by atoms with Crippen LogP contribution in [0.3, 0.4) is 0 Å². The highest BCUT2D eigenvalue weighted by atomic mass is 19.3. The van der Waals surface area contributed by atoms with Gasteiger partial charge in [-0.15, -0.1) is 0 Å². The Morgan fingerprint density at radius 1 is 1.20 bits per heavy atom. The summed E-state index contributed by atoms with van der Waals surface area (Å²) in [5.74, 6) is -3.52. The molecule has 7 heteroatoms. The van der Waals surface area contributed by atoms with Gasteiger partial charge in [0.1, 0.15) is 5.69 Å². The summed E-state index contributed by atoms with van der Waals surface area (Å²) in [4.78, 5) is 14.4. The minimum atomic E-state index is -2.79. The van der Waals surface area contributed by atoms with Gasteiger partial charge in [0.15, 0.2) is 0 Å². The molecule has 25 heavy (non-hydrogen) atoms. The van der Waals surface area contributed by atoms with Gasteiger partial charge in [-0.25, -0.2) is 8.78 Å². The Balaban J connectivity index is 1.59. The van der Waals surface area contributed by atoms with Crippen molar-refractivity contribution in [2.24, 2.45) is 5.92 Å². The number of nitrogens with one attached hydrogen (secondary N) is 1. The number of hydrogen-bond donors (Lipinski definition) is 1. The van der Waals surface area contributed by atoms with Crippen molar-refractivity contribution in [2.75, 3.05) is 23.8 Å². The quantitative estimate of drug-likeness (QED) is 0.922. The van der Waals surface area contributed by atoms with Gasteiger partial charge in [-0.3, -0.25) is 9.48 Å². The van der Waals surface area contributed by atoms with Crippen LogP contribution in [0, 0.1) is 5.92 Å². The molecule has 0 atom stereocenters. The Morgan fingerprint density at radius 2 is 1.92 bits per heavy atom. The molecule has 0 bridgehead atoms. The van der Waals surface area contributed by atoms with Crippen LogP contribution in [0.2, 0.25) is 0 Å². The smallest absolute Gasteiger partial charge is 0.278 e. The molecule has 0 radical (unpaired) electrons. The second kappa shape index (κ2) is 5.82. The number of nitrogens with zero attached hydrogens (tertiary/aromatic N) is 3. The predicted octanol–water partition coefficient (Wildman–Crippen LogP) is 3.48. The maximum Gasteiger partial charge on any atom is 0.278 e. The molecule has 2 heterocycles. The van der Waals surface area contributed by atoms with Crippen LogP contribution in [0.5, 0.6) is 0 Å². The van der Waals surface area contributed by atoms with Crippen LogP contribution >= 0.6 is 0 Å². The summed E-state index contributed by atoms with van der Waals surface area (Å²) >= 11 is 0. The second-order valence-corrected chi connectivity index (χ2v) is 6.63. The highest BCUT2D eigenvalue weighted by molar-refractivity contribution is 6.09. The van der Waals surface area contributed by atoms with Gasteiger partial charge in [-0.2, -0.15) is 5.10 Å². The molecule has 1 saturated carbocycles. The van der Waals surface area contributed by atoms with Gasteiger partial charge in [0.2, 0.25) is 0 Å². The molecular weight excluding hydrogens is 326 g/mol. The summed E-state index contributed by atoms with van der Waals surface area (Å²) in [5, 5.41) is 7.16. The first-order valence-electron chi connectivity index (χ1n) is 8.56. The van der Waals surface area contributed by atoms with E-state index in [1.165, 1.54) is 12.1 Å². The third-order valence-corrected chi connectivity index (χ3v) is 5.27. The molecule has 1 aliphatic carbocycles. The largest absolute Gasteiger partial charge is 0.385 e. The first-order chi connectivity index (χ1) is 12.0. The topological polar surface area (TPSA) is 50.2 Å². The molecule has 5 nitrogen and oxygen atoms in total. The summed E-state index contributed by atoms with van der Waals surface area (Å²) in [6.45, 7) is 1.04. The first kappa shape index (κ1) is 16.1. The lowest BCUT2D eigenvalue weighted by atomic mass is 9.78. The Kier molecular flexibility index (Phi) is 3.74. The molecule has 0 unspecified atom stereocenters. The van der Waals surface area contributed by atoms with Gasteiger partial charge in [-0.1, -0.05) is 18.6 Å². The second-order valence-electron chi connectivity index (χ2n) is 6.63. The van der Waals surface area contributed by atoms with Crippen LogP contribution in [-0.2, 0) is 12.5 Å². The normalized spacial score (nSPS) is 18.0. The van der Waals surface area contributed by atoms with E-state index < -0.39 is 11.8 Å². The van der Waals surface area contributed by atoms with Gasteiger partial charge in [0, 0.05) is 30.8 Å². The number of fused-ring (bicyclic) bond motifs is 1. The molecule has 1 aromatic heterocycles. The van der Waals surface area contributed by atoms with Crippen LogP contribution in [-0.4, -0.2) is 29.3 Å².